The standard InChI is InChI=1S/C11H15BO3/c1-2-9-15-11-6-4-3-5-10(11)7-8-12(13)14/h3-8,13-14H,2,9H2,1H3/b8-7+. The first-order valence-corrected chi connectivity index (χ1v) is 5.00. The Labute approximate surface area is 90.2 Å². The molecule has 1 rings (SSSR count). The second-order valence-corrected chi connectivity index (χ2v) is 3.16. The van der Waals surface area contributed by atoms with E-state index in [0.29, 0.717) is 6.61 Å². The molecule has 0 aromatic heterocycles. The molecule has 3 nitrogen and oxygen atoms in total. The molecule has 0 aliphatic carbocycles. The molecular weight excluding hydrogens is 191 g/mol. The Morgan fingerprint density at radius 3 is 2.73 bits per heavy atom. The van der Waals surface area contributed by atoms with Gasteiger partial charge in [-0.15, -0.1) is 0 Å². The zero-order valence-corrected chi connectivity index (χ0v) is 8.76. The highest BCUT2D eigenvalue weighted by molar-refractivity contribution is 6.48. The predicted octanol–water partition coefficient (Wildman–Crippen LogP) is 1.50. The van der Waals surface area contributed by atoms with Crippen molar-refractivity contribution in [2.75, 3.05) is 6.61 Å². The molecule has 0 aliphatic rings. The SMILES string of the molecule is CCCOc1ccccc1/C=C/B(O)O. The second kappa shape index (κ2) is 6.27. The summed E-state index contributed by atoms with van der Waals surface area (Å²) in [6.07, 6.45) is 2.58. The summed E-state index contributed by atoms with van der Waals surface area (Å²) in [5.41, 5.74) is 0.846. The summed E-state index contributed by atoms with van der Waals surface area (Å²) in [4.78, 5) is 0. The number of para-hydroxylation sites is 1. The van der Waals surface area contributed by atoms with E-state index in [4.69, 9.17) is 14.8 Å². The van der Waals surface area contributed by atoms with Crippen LogP contribution in [0.5, 0.6) is 5.75 Å². The van der Waals surface area contributed by atoms with Crippen LogP contribution in [0.15, 0.2) is 30.2 Å². The zero-order chi connectivity index (χ0) is 11.1. The molecule has 0 amide bonds. The fraction of sp³-hybridized carbons (Fsp3) is 0.273. The van der Waals surface area contributed by atoms with Crippen LogP contribution in [0.1, 0.15) is 18.9 Å². The Balaban J connectivity index is 2.76. The van der Waals surface area contributed by atoms with Crippen LogP contribution in [0, 0.1) is 0 Å². The summed E-state index contributed by atoms with van der Waals surface area (Å²) in [5.74, 6) is 2.06. The number of benzene rings is 1. The molecule has 0 atom stereocenters. The van der Waals surface area contributed by atoms with E-state index in [-0.39, 0.29) is 0 Å². The average Bonchev–Trinajstić information content (AvgIpc) is 2.24. The van der Waals surface area contributed by atoms with Crippen LogP contribution >= 0.6 is 0 Å². The van der Waals surface area contributed by atoms with Crippen LogP contribution < -0.4 is 4.74 Å². The van der Waals surface area contributed by atoms with Gasteiger partial charge in [0, 0.05) is 5.56 Å². The van der Waals surface area contributed by atoms with E-state index in [0.717, 1.165) is 17.7 Å². The molecule has 4 heteroatoms. The number of hydrogen-bond acceptors (Lipinski definition) is 3. The number of hydrogen-bond donors (Lipinski definition) is 2. The van der Waals surface area contributed by atoms with Crippen molar-refractivity contribution in [1.82, 2.24) is 0 Å². The summed E-state index contributed by atoms with van der Waals surface area (Å²) in [7, 11) is -1.43. The highest BCUT2D eigenvalue weighted by Crippen LogP contribution is 2.19. The fourth-order valence-corrected chi connectivity index (χ4v) is 1.15. The molecule has 2 N–H and O–H groups in total. The molecule has 0 radical (unpaired) electrons. The lowest BCUT2D eigenvalue weighted by atomic mass is 9.90. The van der Waals surface area contributed by atoms with Gasteiger partial charge in [-0.25, -0.2) is 0 Å². The van der Waals surface area contributed by atoms with Crippen molar-refractivity contribution in [2.24, 2.45) is 0 Å². The Bertz CT molecular complexity index is 323. The van der Waals surface area contributed by atoms with Crippen LogP contribution in [0.25, 0.3) is 6.08 Å². The summed E-state index contributed by atoms with van der Waals surface area (Å²) >= 11 is 0. The zero-order valence-electron chi connectivity index (χ0n) is 8.76. The molecule has 0 saturated heterocycles. The van der Waals surface area contributed by atoms with Gasteiger partial charge in [0.05, 0.1) is 6.61 Å². The van der Waals surface area contributed by atoms with Gasteiger partial charge >= 0.3 is 7.12 Å². The molecule has 0 spiro atoms. The van der Waals surface area contributed by atoms with Crippen molar-refractivity contribution < 1.29 is 14.8 Å². The van der Waals surface area contributed by atoms with Gasteiger partial charge in [-0.05, 0) is 12.5 Å². The van der Waals surface area contributed by atoms with Crippen molar-refractivity contribution in [2.45, 2.75) is 13.3 Å². The van der Waals surface area contributed by atoms with Gasteiger partial charge in [0.2, 0.25) is 0 Å². The van der Waals surface area contributed by atoms with E-state index in [1.54, 1.807) is 6.08 Å². The lowest BCUT2D eigenvalue weighted by Crippen LogP contribution is -2.05. The highest BCUT2D eigenvalue weighted by Gasteiger charge is 2.02. The number of rotatable bonds is 5. The van der Waals surface area contributed by atoms with Crippen molar-refractivity contribution in [3.63, 3.8) is 0 Å². The molecule has 1 aromatic rings. The molecule has 0 aliphatic heterocycles. The summed E-state index contributed by atoms with van der Waals surface area (Å²) in [6.45, 7) is 2.70. The Morgan fingerprint density at radius 1 is 1.33 bits per heavy atom. The average molecular weight is 206 g/mol. The monoisotopic (exact) mass is 206 g/mol. The molecule has 0 heterocycles. The minimum atomic E-state index is -1.43. The molecular formula is C11H15BO3. The van der Waals surface area contributed by atoms with Crippen LogP contribution in [0.4, 0.5) is 0 Å². The van der Waals surface area contributed by atoms with Gasteiger partial charge < -0.3 is 14.8 Å². The minimum absolute atomic E-state index is 0.659. The van der Waals surface area contributed by atoms with Crippen molar-refractivity contribution in [1.29, 1.82) is 0 Å². The van der Waals surface area contributed by atoms with Crippen LogP contribution in [-0.4, -0.2) is 23.8 Å². The van der Waals surface area contributed by atoms with Gasteiger partial charge in [-0.2, -0.15) is 0 Å². The minimum Gasteiger partial charge on any atom is -0.493 e. The third-order valence-corrected chi connectivity index (χ3v) is 1.83. The lowest BCUT2D eigenvalue weighted by Gasteiger charge is -2.07. The van der Waals surface area contributed by atoms with E-state index in [1.807, 2.05) is 31.2 Å². The normalized spacial score (nSPS) is 10.6. The molecule has 0 fully saturated rings. The highest BCUT2D eigenvalue weighted by atomic mass is 16.5. The smallest absolute Gasteiger partial charge is 0.480 e. The number of ether oxygens (including phenoxy) is 1. The Hall–Kier alpha value is -1.26. The molecule has 15 heavy (non-hydrogen) atoms. The van der Waals surface area contributed by atoms with E-state index >= 15 is 0 Å². The first-order valence-electron chi connectivity index (χ1n) is 5.00. The van der Waals surface area contributed by atoms with Crippen LogP contribution in [0.3, 0.4) is 0 Å². The van der Waals surface area contributed by atoms with Crippen LogP contribution in [-0.2, 0) is 0 Å². The first-order chi connectivity index (χ1) is 7.24. The largest absolute Gasteiger partial charge is 0.493 e. The summed E-state index contributed by atoms with van der Waals surface area (Å²) < 4.78 is 5.50. The van der Waals surface area contributed by atoms with Gasteiger partial charge in [-0.1, -0.05) is 37.2 Å². The first kappa shape index (κ1) is 11.8. The Morgan fingerprint density at radius 2 is 2.07 bits per heavy atom. The van der Waals surface area contributed by atoms with Crippen molar-refractivity contribution >= 4 is 13.2 Å². The lowest BCUT2D eigenvalue weighted by molar-refractivity contribution is 0.317. The molecule has 80 valence electrons. The summed E-state index contributed by atoms with van der Waals surface area (Å²) in [5, 5.41) is 17.4. The quantitative estimate of drug-likeness (QED) is 0.717. The van der Waals surface area contributed by atoms with Crippen molar-refractivity contribution in [3.8, 4) is 5.75 Å². The summed E-state index contributed by atoms with van der Waals surface area (Å²) in [6, 6.07) is 7.49. The molecule has 0 saturated carbocycles. The van der Waals surface area contributed by atoms with Gasteiger partial charge in [0.25, 0.3) is 0 Å². The van der Waals surface area contributed by atoms with Gasteiger partial charge in [-0.3, -0.25) is 0 Å². The Kier molecular flexibility index (Phi) is 4.94. The van der Waals surface area contributed by atoms with E-state index in [9.17, 15) is 0 Å². The van der Waals surface area contributed by atoms with E-state index in [2.05, 4.69) is 0 Å². The third-order valence-electron chi connectivity index (χ3n) is 1.83. The maximum Gasteiger partial charge on any atom is 0.480 e. The maximum absolute atomic E-state index is 8.71. The van der Waals surface area contributed by atoms with Crippen molar-refractivity contribution in [3.05, 3.63) is 35.8 Å². The fourth-order valence-electron chi connectivity index (χ4n) is 1.15. The van der Waals surface area contributed by atoms with Crippen LogP contribution in [0.2, 0.25) is 0 Å². The maximum atomic E-state index is 8.71. The predicted molar refractivity (Wildman–Crippen MR) is 61.5 cm³/mol. The second-order valence-electron chi connectivity index (χ2n) is 3.16. The topological polar surface area (TPSA) is 49.7 Å². The van der Waals surface area contributed by atoms with E-state index in [1.165, 1.54) is 5.98 Å². The van der Waals surface area contributed by atoms with Gasteiger partial charge in [0.1, 0.15) is 5.75 Å². The molecule has 0 unspecified atom stereocenters. The molecule has 0 bridgehead atoms. The molecule has 1 aromatic carbocycles. The third kappa shape index (κ3) is 4.19. The van der Waals surface area contributed by atoms with Gasteiger partial charge in [0.15, 0.2) is 0 Å². The van der Waals surface area contributed by atoms with E-state index < -0.39 is 7.12 Å².